The molecule has 0 saturated heterocycles. The van der Waals surface area contributed by atoms with E-state index in [1.807, 2.05) is 12.1 Å². The zero-order chi connectivity index (χ0) is 16.1. The number of aliphatic hydroxyl groups excluding tert-OH is 1. The van der Waals surface area contributed by atoms with Crippen LogP contribution in [0.25, 0.3) is 0 Å². The average molecular weight is 315 g/mol. The normalized spacial score (nSPS) is 16.2. The van der Waals surface area contributed by atoms with Gasteiger partial charge in [0.25, 0.3) is 5.91 Å². The van der Waals surface area contributed by atoms with E-state index in [2.05, 4.69) is 5.32 Å². The smallest absolute Gasteiger partial charge is 0.251 e. The molecule has 1 amide bonds. The van der Waals surface area contributed by atoms with Crippen molar-refractivity contribution in [2.75, 3.05) is 6.61 Å². The highest BCUT2D eigenvalue weighted by atomic mass is 16.5. The van der Waals surface area contributed by atoms with Crippen LogP contribution in [0.1, 0.15) is 47.8 Å². The Morgan fingerprint density at radius 3 is 2.61 bits per heavy atom. The number of carbonyl (C=O) groups is 1. The molecule has 23 heavy (non-hydrogen) atoms. The number of nitrogens with one attached hydrogen (secondary N) is 1. The third-order valence-electron chi connectivity index (χ3n) is 4.10. The number of hydrogen-bond donors (Lipinski definition) is 2. The van der Waals surface area contributed by atoms with Crippen LogP contribution in [-0.4, -0.2) is 23.7 Å². The first-order valence-corrected chi connectivity index (χ1v) is 7.98. The molecular formula is C18H21NO4. The van der Waals surface area contributed by atoms with E-state index in [4.69, 9.17) is 9.15 Å². The predicted molar refractivity (Wildman–Crippen MR) is 85.3 cm³/mol. The summed E-state index contributed by atoms with van der Waals surface area (Å²) in [6.07, 6.45) is 6.46. The number of hydrogen-bond acceptors (Lipinski definition) is 4. The first kappa shape index (κ1) is 15.6. The first-order valence-electron chi connectivity index (χ1n) is 7.98. The Labute approximate surface area is 135 Å². The van der Waals surface area contributed by atoms with E-state index in [-0.39, 0.29) is 12.5 Å². The summed E-state index contributed by atoms with van der Waals surface area (Å²) in [6, 6.07) is 9.99. The van der Waals surface area contributed by atoms with Gasteiger partial charge in [0, 0.05) is 5.56 Å². The van der Waals surface area contributed by atoms with Gasteiger partial charge in [-0.2, -0.15) is 0 Å². The average Bonchev–Trinajstić information content (AvgIpc) is 3.26. The number of rotatable bonds is 6. The SMILES string of the molecule is O=C(NC(CO)c1ccco1)c1ccc(OC2CCCC2)cc1. The minimum Gasteiger partial charge on any atom is -0.490 e. The molecule has 2 N–H and O–H groups in total. The monoisotopic (exact) mass is 315 g/mol. The second kappa shape index (κ2) is 7.33. The number of benzene rings is 1. The third-order valence-corrected chi connectivity index (χ3v) is 4.10. The lowest BCUT2D eigenvalue weighted by Gasteiger charge is -2.15. The van der Waals surface area contributed by atoms with Gasteiger partial charge in [-0.05, 0) is 62.1 Å². The minimum absolute atomic E-state index is 0.220. The molecule has 2 aromatic rings. The Balaban J connectivity index is 1.60. The molecule has 3 rings (SSSR count). The molecule has 1 aliphatic carbocycles. The van der Waals surface area contributed by atoms with Crippen LogP contribution < -0.4 is 10.1 Å². The largest absolute Gasteiger partial charge is 0.490 e. The zero-order valence-corrected chi connectivity index (χ0v) is 12.9. The van der Waals surface area contributed by atoms with Crippen LogP contribution >= 0.6 is 0 Å². The van der Waals surface area contributed by atoms with Crippen LogP contribution in [0.2, 0.25) is 0 Å². The lowest BCUT2D eigenvalue weighted by atomic mass is 10.1. The van der Waals surface area contributed by atoms with Gasteiger partial charge in [0.05, 0.1) is 19.0 Å². The van der Waals surface area contributed by atoms with E-state index in [1.165, 1.54) is 19.1 Å². The molecule has 1 unspecified atom stereocenters. The van der Waals surface area contributed by atoms with Crippen molar-refractivity contribution in [3.63, 3.8) is 0 Å². The van der Waals surface area contributed by atoms with Crippen molar-refractivity contribution in [3.05, 3.63) is 54.0 Å². The van der Waals surface area contributed by atoms with Gasteiger partial charge in [0.15, 0.2) is 0 Å². The summed E-state index contributed by atoms with van der Waals surface area (Å²) in [5.41, 5.74) is 0.522. The summed E-state index contributed by atoms with van der Waals surface area (Å²) in [5, 5.41) is 12.2. The Morgan fingerprint density at radius 1 is 1.26 bits per heavy atom. The van der Waals surface area contributed by atoms with E-state index in [9.17, 15) is 9.90 Å². The van der Waals surface area contributed by atoms with Gasteiger partial charge >= 0.3 is 0 Å². The molecule has 0 radical (unpaired) electrons. The minimum atomic E-state index is -0.549. The molecule has 5 nitrogen and oxygen atoms in total. The summed E-state index contributed by atoms with van der Waals surface area (Å²) in [6.45, 7) is -0.220. The van der Waals surface area contributed by atoms with Gasteiger partial charge < -0.3 is 19.6 Å². The van der Waals surface area contributed by atoms with E-state index in [1.54, 1.807) is 24.3 Å². The molecule has 1 aromatic heterocycles. The summed E-state index contributed by atoms with van der Waals surface area (Å²) >= 11 is 0. The molecular weight excluding hydrogens is 294 g/mol. The lowest BCUT2D eigenvalue weighted by molar-refractivity contribution is 0.0907. The van der Waals surface area contributed by atoms with E-state index in [0.29, 0.717) is 17.4 Å². The highest BCUT2D eigenvalue weighted by Crippen LogP contribution is 2.24. The zero-order valence-electron chi connectivity index (χ0n) is 12.9. The lowest BCUT2D eigenvalue weighted by Crippen LogP contribution is -2.30. The number of furan rings is 1. The Bertz CT molecular complexity index is 615. The van der Waals surface area contributed by atoms with Gasteiger partial charge in [0.2, 0.25) is 0 Å². The molecule has 122 valence electrons. The summed E-state index contributed by atoms with van der Waals surface area (Å²) in [5.74, 6) is 1.06. The van der Waals surface area contributed by atoms with Gasteiger partial charge in [0.1, 0.15) is 17.6 Å². The van der Waals surface area contributed by atoms with Gasteiger partial charge in [-0.1, -0.05) is 0 Å². The van der Waals surface area contributed by atoms with Crippen molar-refractivity contribution in [1.82, 2.24) is 5.32 Å². The highest BCUT2D eigenvalue weighted by molar-refractivity contribution is 5.94. The molecule has 1 atom stereocenters. The molecule has 1 aliphatic rings. The van der Waals surface area contributed by atoms with Crippen molar-refractivity contribution in [2.45, 2.75) is 37.8 Å². The number of aliphatic hydroxyl groups is 1. The molecule has 1 saturated carbocycles. The van der Waals surface area contributed by atoms with E-state index >= 15 is 0 Å². The summed E-state index contributed by atoms with van der Waals surface area (Å²) < 4.78 is 11.1. The topological polar surface area (TPSA) is 71.7 Å². The van der Waals surface area contributed by atoms with Crippen LogP contribution in [0.15, 0.2) is 47.1 Å². The fourth-order valence-electron chi connectivity index (χ4n) is 2.82. The second-order valence-corrected chi connectivity index (χ2v) is 5.77. The van der Waals surface area contributed by atoms with Gasteiger partial charge in [-0.3, -0.25) is 4.79 Å². The maximum atomic E-state index is 12.3. The first-order chi connectivity index (χ1) is 11.3. The van der Waals surface area contributed by atoms with Crippen LogP contribution in [0, 0.1) is 0 Å². The molecule has 1 fully saturated rings. The molecule has 0 aliphatic heterocycles. The molecule has 1 aromatic carbocycles. The fraction of sp³-hybridized carbons (Fsp3) is 0.389. The van der Waals surface area contributed by atoms with Crippen LogP contribution in [0.4, 0.5) is 0 Å². The molecule has 0 bridgehead atoms. The third kappa shape index (κ3) is 3.93. The van der Waals surface area contributed by atoms with Crippen molar-refractivity contribution in [3.8, 4) is 5.75 Å². The predicted octanol–water partition coefficient (Wildman–Crippen LogP) is 3.06. The molecule has 1 heterocycles. The summed E-state index contributed by atoms with van der Waals surface area (Å²) in [4.78, 5) is 12.3. The maximum absolute atomic E-state index is 12.3. The Morgan fingerprint density at radius 2 is 2.00 bits per heavy atom. The highest BCUT2D eigenvalue weighted by Gasteiger charge is 2.18. The van der Waals surface area contributed by atoms with Crippen LogP contribution in [-0.2, 0) is 0 Å². The standard InChI is InChI=1S/C18H21NO4/c20-12-16(17-6-3-11-22-17)19-18(21)13-7-9-15(10-8-13)23-14-4-1-2-5-14/h3,6-11,14,16,20H,1-2,4-5,12H2,(H,19,21). The molecule has 0 spiro atoms. The van der Waals surface area contributed by atoms with Gasteiger partial charge in [-0.15, -0.1) is 0 Å². The molecule has 5 heteroatoms. The fourth-order valence-corrected chi connectivity index (χ4v) is 2.82. The quantitative estimate of drug-likeness (QED) is 0.859. The number of amides is 1. The van der Waals surface area contributed by atoms with Crippen molar-refractivity contribution < 1.29 is 19.1 Å². The van der Waals surface area contributed by atoms with Gasteiger partial charge in [-0.25, -0.2) is 0 Å². The van der Waals surface area contributed by atoms with Crippen molar-refractivity contribution in [2.24, 2.45) is 0 Å². The maximum Gasteiger partial charge on any atom is 0.251 e. The van der Waals surface area contributed by atoms with Crippen LogP contribution in [0.3, 0.4) is 0 Å². The van der Waals surface area contributed by atoms with E-state index in [0.717, 1.165) is 18.6 Å². The Hall–Kier alpha value is -2.27. The van der Waals surface area contributed by atoms with Crippen molar-refractivity contribution in [1.29, 1.82) is 0 Å². The van der Waals surface area contributed by atoms with Crippen LogP contribution in [0.5, 0.6) is 5.75 Å². The Kier molecular flexibility index (Phi) is 4.98. The summed E-state index contributed by atoms with van der Waals surface area (Å²) in [7, 11) is 0. The second-order valence-electron chi connectivity index (χ2n) is 5.77. The number of carbonyl (C=O) groups excluding carboxylic acids is 1. The number of ether oxygens (including phenoxy) is 1. The van der Waals surface area contributed by atoms with E-state index < -0.39 is 6.04 Å². The van der Waals surface area contributed by atoms with Crippen molar-refractivity contribution >= 4 is 5.91 Å².